The quantitative estimate of drug-likeness (QED) is 0.631. The van der Waals surface area contributed by atoms with Crippen LogP contribution < -0.4 is 14.9 Å². The Morgan fingerprint density at radius 1 is 1.13 bits per heavy atom. The molecule has 8 heteroatoms. The molecule has 2 N–H and O–H groups in total. The average Bonchev–Trinajstić information content (AvgIpc) is 2.68. The molecule has 0 heterocycles. The Morgan fingerprint density at radius 2 is 1.80 bits per heavy atom. The predicted molar refractivity (Wildman–Crippen MR) is 120 cm³/mol. The Morgan fingerprint density at radius 3 is 2.40 bits per heavy atom. The number of nitrogens with zero attached hydrogens (tertiary/aromatic N) is 1. The van der Waals surface area contributed by atoms with Gasteiger partial charge in [0.15, 0.2) is 0 Å². The number of carbonyl (C=O) groups is 2. The molecule has 2 aromatic carbocycles. The zero-order valence-electron chi connectivity index (χ0n) is 17.6. The number of hydrogen-bond acceptors (Lipinski definition) is 4. The zero-order valence-corrected chi connectivity index (χ0v) is 18.4. The molecule has 0 bridgehead atoms. The molecule has 1 atom stereocenters. The van der Waals surface area contributed by atoms with E-state index in [9.17, 15) is 18.0 Å². The number of sulfonamides is 1. The third-order valence-electron chi connectivity index (χ3n) is 4.67. The van der Waals surface area contributed by atoms with E-state index in [-0.39, 0.29) is 18.0 Å². The van der Waals surface area contributed by atoms with Crippen LogP contribution in [0.2, 0.25) is 0 Å². The maximum atomic E-state index is 12.9. The largest absolute Gasteiger partial charge is 0.349 e. The Bertz CT molecular complexity index is 1060. The first kappa shape index (κ1) is 23.2. The van der Waals surface area contributed by atoms with Crippen LogP contribution in [0.5, 0.6) is 0 Å². The van der Waals surface area contributed by atoms with Gasteiger partial charge >= 0.3 is 0 Å². The number of aryl methyl sites for hydroxylation is 2. The third kappa shape index (κ3) is 5.48. The van der Waals surface area contributed by atoms with E-state index in [2.05, 4.69) is 17.2 Å². The lowest BCUT2D eigenvalue weighted by Crippen LogP contribution is -2.45. The van der Waals surface area contributed by atoms with E-state index in [1.807, 2.05) is 19.9 Å². The number of nitrogens with one attached hydrogen (secondary N) is 2. The molecule has 2 amide bonds. The van der Waals surface area contributed by atoms with Crippen molar-refractivity contribution in [1.82, 2.24) is 5.32 Å². The zero-order chi connectivity index (χ0) is 22.5. The summed E-state index contributed by atoms with van der Waals surface area (Å²) in [5.41, 5.74) is 2.91. The van der Waals surface area contributed by atoms with Crippen molar-refractivity contribution in [3.8, 4) is 0 Å². The minimum atomic E-state index is -3.74. The summed E-state index contributed by atoms with van der Waals surface area (Å²) in [7, 11) is -3.74. The Labute approximate surface area is 177 Å². The molecule has 0 aliphatic heterocycles. The van der Waals surface area contributed by atoms with Crippen molar-refractivity contribution >= 4 is 33.2 Å². The van der Waals surface area contributed by atoms with Crippen LogP contribution in [0, 0.1) is 13.8 Å². The summed E-state index contributed by atoms with van der Waals surface area (Å²) in [5.74, 6) is -0.921. The summed E-state index contributed by atoms with van der Waals surface area (Å²) in [5, 5.41) is 5.35. The van der Waals surface area contributed by atoms with E-state index in [1.54, 1.807) is 42.5 Å². The van der Waals surface area contributed by atoms with Crippen LogP contribution in [0.4, 0.5) is 11.4 Å². The molecular formula is C22H27N3O4S. The average molecular weight is 430 g/mol. The van der Waals surface area contributed by atoms with E-state index in [4.69, 9.17) is 0 Å². The van der Waals surface area contributed by atoms with Crippen molar-refractivity contribution in [2.75, 3.05) is 22.4 Å². The topological polar surface area (TPSA) is 95.6 Å². The van der Waals surface area contributed by atoms with E-state index in [0.29, 0.717) is 11.4 Å². The Kier molecular flexibility index (Phi) is 7.39. The monoisotopic (exact) mass is 429 g/mol. The molecule has 0 aliphatic carbocycles. The van der Waals surface area contributed by atoms with Crippen molar-refractivity contribution in [3.63, 3.8) is 0 Å². The summed E-state index contributed by atoms with van der Waals surface area (Å²) >= 11 is 0. The first-order valence-electron chi connectivity index (χ1n) is 9.42. The molecule has 2 aromatic rings. The molecule has 0 saturated heterocycles. The van der Waals surface area contributed by atoms with Gasteiger partial charge < -0.3 is 10.6 Å². The van der Waals surface area contributed by atoms with Crippen LogP contribution in [-0.4, -0.2) is 39.1 Å². The van der Waals surface area contributed by atoms with Gasteiger partial charge in [0.05, 0.1) is 23.2 Å². The molecule has 7 nitrogen and oxygen atoms in total. The molecule has 0 aromatic heterocycles. The van der Waals surface area contributed by atoms with Gasteiger partial charge in [0, 0.05) is 6.54 Å². The van der Waals surface area contributed by atoms with Crippen molar-refractivity contribution in [1.29, 1.82) is 0 Å². The van der Waals surface area contributed by atoms with Crippen LogP contribution in [0.25, 0.3) is 0 Å². The van der Waals surface area contributed by atoms with Crippen LogP contribution in [0.3, 0.4) is 0 Å². The lowest BCUT2D eigenvalue weighted by atomic mass is 10.1. The van der Waals surface area contributed by atoms with Crippen molar-refractivity contribution in [2.24, 2.45) is 0 Å². The van der Waals surface area contributed by atoms with Crippen LogP contribution in [0.1, 0.15) is 28.4 Å². The van der Waals surface area contributed by atoms with Gasteiger partial charge in [-0.3, -0.25) is 13.9 Å². The molecule has 0 fully saturated rings. The highest BCUT2D eigenvalue weighted by Gasteiger charge is 2.30. The fourth-order valence-electron chi connectivity index (χ4n) is 2.96. The highest BCUT2D eigenvalue weighted by Crippen LogP contribution is 2.25. The summed E-state index contributed by atoms with van der Waals surface area (Å²) in [6.07, 6.45) is 2.61. The highest BCUT2D eigenvalue weighted by atomic mass is 32.2. The normalized spacial score (nSPS) is 12.0. The summed E-state index contributed by atoms with van der Waals surface area (Å²) in [4.78, 5) is 25.3. The van der Waals surface area contributed by atoms with Gasteiger partial charge in [0.2, 0.25) is 15.9 Å². The smallest absolute Gasteiger partial charge is 0.253 e. The second-order valence-corrected chi connectivity index (χ2v) is 8.90. The summed E-state index contributed by atoms with van der Waals surface area (Å²) in [6.45, 7) is 9.15. The van der Waals surface area contributed by atoms with Gasteiger partial charge in [-0.1, -0.05) is 24.3 Å². The first-order valence-corrected chi connectivity index (χ1v) is 11.3. The van der Waals surface area contributed by atoms with Gasteiger partial charge in [-0.15, -0.1) is 6.58 Å². The molecule has 30 heavy (non-hydrogen) atoms. The van der Waals surface area contributed by atoms with Crippen molar-refractivity contribution in [3.05, 3.63) is 71.8 Å². The fourth-order valence-corrected chi connectivity index (χ4v) is 4.13. The van der Waals surface area contributed by atoms with Crippen molar-refractivity contribution < 1.29 is 18.0 Å². The molecular weight excluding hydrogens is 402 g/mol. The first-order chi connectivity index (χ1) is 14.1. The number of benzene rings is 2. The highest BCUT2D eigenvalue weighted by molar-refractivity contribution is 7.92. The van der Waals surface area contributed by atoms with Crippen molar-refractivity contribution in [2.45, 2.75) is 26.8 Å². The molecule has 2 rings (SSSR count). The van der Waals surface area contributed by atoms with Gasteiger partial charge in [0.1, 0.15) is 6.04 Å². The molecule has 0 unspecified atom stereocenters. The maximum Gasteiger partial charge on any atom is 0.253 e. The molecule has 0 aliphatic rings. The standard InChI is InChI=1S/C22H27N3O4S/c1-6-13-23-22(27)19-9-7-8-10-20(19)24-21(26)17(4)25(30(5,28)29)18-12-11-15(2)16(3)14-18/h6-12,14,17H,1,13H2,2-5H3,(H,23,27)(H,24,26)/t17-/m0/s1. The lowest BCUT2D eigenvalue weighted by Gasteiger charge is -2.29. The summed E-state index contributed by atoms with van der Waals surface area (Å²) < 4.78 is 26.1. The van der Waals surface area contributed by atoms with Crippen LogP contribution >= 0.6 is 0 Å². The maximum absolute atomic E-state index is 12.9. The van der Waals surface area contributed by atoms with Gasteiger partial charge in [0.25, 0.3) is 5.91 Å². The SMILES string of the molecule is C=CCNC(=O)c1ccccc1NC(=O)[C@H](C)N(c1ccc(C)c(C)c1)S(C)(=O)=O. The van der Waals surface area contributed by atoms with E-state index in [0.717, 1.165) is 21.7 Å². The fraction of sp³-hybridized carbons (Fsp3) is 0.273. The summed E-state index contributed by atoms with van der Waals surface area (Å²) in [6, 6.07) is 10.7. The predicted octanol–water partition coefficient (Wildman–Crippen LogP) is 3.01. The van der Waals surface area contributed by atoms with E-state index in [1.165, 1.54) is 6.92 Å². The number of anilines is 2. The van der Waals surface area contributed by atoms with Gasteiger partial charge in [-0.25, -0.2) is 8.42 Å². The number of carbonyl (C=O) groups excluding carboxylic acids is 2. The lowest BCUT2D eigenvalue weighted by molar-refractivity contribution is -0.116. The molecule has 0 radical (unpaired) electrons. The van der Waals surface area contributed by atoms with Gasteiger partial charge in [-0.05, 0) is 56.2 Å². The number of rotatable bonds is 8. The second-order valence-electron chi connectivity index (χ2n) is 7.04. The minimum Gasteiger partial charge on any atom is -0.349 e. The number of hydrogen-bond donors (Lipinski definition) is 2. The number of para-hydroxylation sites is 1. The Hall–Kier alpha value is -3.13. The molecule has 160 valence electrons. The van der Waals surface area contributed by atoms with E-state index < -0.39 is 22.0 Å². The Balaban J connectivity index is 2.34. The second kappa shape index (κ2) is 9.58. The third-order valence-corrected chi connectivity index (χ3v) is 5.91. The number of amides is 2. The van der Waals surface area contributed by atoms with Crippen LogP contribution in [0.15, 0.2) is 55.1 Å². The molecule has 0 saturated carbocycles. The minimum absolute atomic E-state index is 0.275. The van der Waals surface area contributed by atoms with E-state index >= 15 is 0 Å². The molecule has 0 spiro atoms. The van der Waals surface area contributed by atoms with Crippen LogP contribution in [-0.2, 0) is 14.8 Å². The van der Waals surface area contributed by atoms with Gasteiger partial charge in [-0.2, -0.15) is 0 Å².